The van der Waals surface area contributed by atoms with Gasteiger partial charge in [0.25, 0.3) is 5.69 Å². The van der Waals surface area contributed by atoms with Gasteiger partial charge in [-0.25, -0.2) is 14.4 Å². The van der Waals surface area contributed by atoms with Crippen LogP contribution in [-0.4, -0.2) is 42.1 Å². The zero-order chi connectivity index (χ0) is 20.1. The number of non-ortho nitro benzene ring substituents is 1. The van der Waals surface area contributed by atoms with Crippen LogP contribution in [0.1, 0.15) is 24.2 Å². The van der Waals surface area contributed by atoms with Crippen molar-refractivity contribution in [3.8, 4) is 0 Å². The van der Waals surface area contributed by atoms with E-state index in [9.17, 15) is 24.5 Å². The van der Waals surface area contributed by atoms with E-state index in [1.165, 1.54) is 0 Å². The van der Waals surface area contributed by atoms with E-state index in [1.807, 2.05) is 0 Å². The number of nitrogens with zero attached hydrogens (tertiary/aromatic N) is 1. The highest BCUT2D eigenvalue weighted by atomic mass is 35.5. The van der Waals surface area contributed by atoms with Crippen molar-refractivity contribution >= 4 is 35.3 Å². The fourth-order valence-corrected chi connectivity index (χ4v) is 2.64. The van der Waals surface area contributed by atoms with E-state index in [-0.39, 0.29) is 34.2 Å². The van der Waals surface area contributed by atoms with E-state index >= 15 is 0 Å². The highest BCUT2D eigenvalue weighted by molar-refractivity contribution is 6.33. The molecule has 1 aliphatic rings. The zero-order valence-corrected chi connectivity index (χ0v) is 15.2. The monoisotopic (exact) mass is 397 g/mol. The molecule has 0 unspecified atom stereocenters. The summed E-state index contributed by atoms with van der Waals surface area (Å²) in [5.41, 5.74) is -0.160. The summed E-state index contributed by atoms with van der Waals surface area (Å²) in [7, 11) is 0. The van der Waals surface area contributed by atoms with Crippen LogP contribution in [0.15, 0.2) is 29.5 Å². The van der Waals surface area contributed by atoms with Crippen molar-refractivity contribution in [2.75, 3.05) is 13.2 Å². The maximum absolute atomic E-state index is 12.2. The van der Waals surface area contributed by atoms with Crippen molar-refractivity contribution in [1.29, 1.82) is 0 Å². The molecule has 0 fully saturated rings. The highest BCUT2D eigenvalue weighted by Crippen LogP contribution is 2.23. The summed E-state index contributed by atoms with van der Waals surface area (Å²) in [5.74, 6) is -1.53. The maximum atomic E-state index is 12.2. The molecule has 0 spiro atoms. The molecule has 0 saturated heterocycles. The minimum atomic E-state index is -0.869. The molecule has 1 aliphatic heterocycles. The van der Waals surface area contributed by atoms with Crippen molar-refractivity contribution in [2.24, 2.45) is 0 Å². The van der Waals surface area contributed by atoms with Gasteiger partial charge in [0.05, 0.1) is 39.4 Å². The topological polar surface area (TPSA) is 137 Å². The van der Waals surface area contributed by atoms with Gasteiger partial charge >= 0.3 is 18.0 Å². The number of carbonyl (C=O) groups excluding carboxylic acids is 3. The molecule has 0 saturated carbocycles. The first-order valence-corrected chi connectivity index (χ1v) is 8.21. The summed E-state index contributed by atoms with van der Waals surface area (Å²) < 4.78 is 10.1. The molecular formula is C16H16ClN3O7. The lowest BCUT2D eigenvalue weighted by atomic mass is 10.0. The van der Waals surface area contributed by atoms with Crippen LogP contribution in [-0.2, 0) is 14.3 Å². The summed E-state index contributed by atoms with van der Waals surface area (Å²) in [6.07, 6.45) is 0. The predicted molar refractivity (Wildman–Crippen MR) is 93.2 cm³/mol. The Morgan fingerprint density at radius 2 is 2.00 bits per heavy atom. The van der Waals surface area contributed by atoms with Crippen LogP contribution in [0, 0.1) is 10.1 Å². The number of ether oxygens (including phenoxy) is 2. The van der Waals surface area contributed by atoms with Gasteiger partial charge in [0, 0.05) is 12.1 Å². The number of esters is 2. The quantitative estimate of drug-likeness (QED) is 0.425. The molecular weight excluding hydrogens is 382 g/mol. The molecule has 0 aliphatic carbocycles. The van der Waals surface area contributed by atoms with Gasteiger partial charge in [-0.05, 0) is 19.9 Å². The number of rotatable bonds is 6. The molecule has 1 aromatic carbocycles. The largest absolute Gasteiger partial charge is 0.463 e. The molecule has 2 amide bonds. The number of halogens is 1. The standard InChI is InChI=1S/C16H16ClN3O7/c1-3-26-15(22)13-8(2)18-16(23)19-12(13)7-27-14(21)10-5-4-9(20(24)25)6-11(10)17/h4-6,8H,3,7H2,1-2H3,(H2,18,19,23)/t8-/m1/s1. The molecule has 0 radical (unpaired) electrons. The number of carbonyl (C=O) groups is 3. The number of urea groups is 1. The Balaban J connectivity index is 2.20. The van der Waals surface area contributed by atoms with Gasteiger partial charge < -0.3 is 20.1 Å². The Hall–Kier alpha value is -3.14. The predicted octanol–water partition coefficient (Wildman–Crippen LogP) is 1.92. The van der Waals surface area contributed by atoms with Gasteiger partial charge in [-0.2, -0.15) is 0 Å². The van der Waals surface area contributed by atoms with Crippen LogP contribution in [0.2, 0.25) is 5.02 Å². The second-order valence-corrected chi connectivity index (χ2v) is 5.84. The molecule has 144 valence electrons. The van der Waals surface area contributed by atoms with Crippen LogP contribution in [0.4, 0.5) is 10.5 Å². The number of hydrogen-bond donors (Lipinski definition) is 2. The van der Waals surface area contributed by atoms with Gasteiger partial charge in [0.1, 0.15) is 6.61 Å². The van der Waals surface area contributed by atoms with Crippen molar-refractivity contribution in [3.63, 3.8) is 0 Å². The number of nitro benzene ring substituents is 1. The van der Waals surface area contributed by atoms with Crippen LogP contribution in [0.3, 0.4) is 0 Å². The Morgan fingerprint density at radius 1 is 1.30 bits per heavy atom. The summed E-state index contributed by atoms with van der Waals surface area (Å²) in [6.45, 7) is 2.93. The fourth-order valence-electron chi connectivity index (χ4n) is 2.39. The second-order valence-electron chi connectivity index (χ2n) is 5.43. The van der Waals surface area contributed by atoms with Crippen LogP contribution in [0.5, 0.6) is 0 Å². The van der Waals surface area contributed by atoms with Crippen molar-refractivity contribution < 1.29 is 28.8 Å². The lowest BCUT2D eigenvalue weighted by molar-refractivity contribution is -0.384. The van der Waals surface area contributed by atoms with E-state index in [1.54, 1.807) is 13.8 Å². The molecule has 0 aromatic heterocycles. The summed E-state index contributed by atoms with van der Waals surface area (Å²) in [6, 6.07) is 2.09. The second kappa shape index (κ2) is 8.49. The van der Waals surface area contributed by atoms with Crippen LogP contribution >= 0.6 is 11.6 Å². The van der Waals surface area contributed by atoms with Gasteiger partial charge in [0.15, 0.2) is 0 Å². The number of amides is 2. The van der Waals surface area contributed by atoms with E-state index in [0.29, 0.717) is 0 Å². The first kappa shape index (κ1) is 20.2. The number of nitrogens with one attached hydrogen (secondary N) is 2. The summed E-state index contributed by atoms with van der Waals surface area (Å²) in [5, 5.41) is 15.5. The summed E-state index contributed by atoms with van der Waals surface area (Å²) in [4.78, 5) is 46.0. The third-order valence-electron chi connectivity index (χ3n) is 3.60. The third-order valence-corrected chi connectivity index (χ3v) is 3.91. The Kier molecular flexibility index (Phi) is 6.35. The molecule has 2 rings (SSSR count). The van der Waals surface area contributed by atoms with Crippen molar-refractivity contribution in [3.05, 3.63) is 50.2 Å². The number of hydrogen-bond acceptors (Lipinski definition) is 7. The van der Waals surface area contributed by atoms with E-state index in [2.05, 4.69) is 10.6 Å². The average molecular weight is 398 g/mol. The smallest absolute Gasteiger partial charge is 0.340 e. The lowest BCUT2D eigenvalue weighted by Gasteiger charge is -2.26. The highest BCUT2D eigenvalue weighted by Gasteiger charge is 2.30. The third kappa shape index (κ3) is 4.73. The van der Waals surface area contributed by atoms with E-state index in [4.69, 9.17) is 21.1 Å². The number of nitro groups is 1. The molecule has 1 atom stereocenters. The molecule has 0 bridgehead atoms. The molecule has 2 N–H and O–H groups in total. The SMILES string of the molecule is CCOC(=O)C1=C(COC(=O)c2ccc([N+](=O)[O-])cc2Cl)NC(=O)N[C@@H]1C. The van der Waals surface area contributed by atoms with Gasteiger partial charge in [-0.1, -0.05) is 11.6 Å². The van der Waals surface area contributed by atoms with Gasteiger partial charge in [0.2, 0.25) is 0 Å². The van der Waals surface area contributed by atoms with Gasteiger partial charge in [-0.3, -0.25) is 10.1 Å². The Labute approximate surface area is 158 Å². The van der Waals surface area contributed by atoms with Crippen LogP contribution < -0.4 is 10.6 Å². The van der Waals surface area contributed by atoms with Crippen molar-refractivity contribution in [2.45, 2.75) is 19.9 Å². The molecule has 1 heterocycles. The normalized spacial score (nSPS) is 16.3. The maximum Gasteiger partial charge on any atom is 0.340 e. The van der Waals surface area contributed by atoms with E-state index in [0.717, 1.165) is 18.2 Å². The first-order valence-electron chi connectivity index (χ1n) is 7.83. The molecule has 10 nitrogen and oxygen atoms in total. The lowest BCUT2D eigenvalue weighted by Crippen LogP contribution is -2.50. The first-order chi connectivity index (χ1) is 12.7. The summed E-state index contributed by atoms with van der Waals surface area (Å²) >= 11 is 5.89. The fraction of sp³-hybridized carbons (Fsp3) is 0.312. The number of benzene rings is 1. The van der Waals surface area contributed by atoms with Crippen molar-refractivity contribution in [1.82, 2.24) is 10.6 Å². The molecule has 1 aromatic rings. The van der Waals surface area contributed by atoms with E-state index < -0.39 is 35.5 Å². The Morgan fingerprint density at radius 3 is 2.59 bits per heavy atom. The Bertz CT molecular complexity index is 837. The molecule has 11 heteroatoms. The van der Waals surface area contributed by atoms with Crippen LogP contribution in [0.25, 0.3) is 0 Å². The minimum absolute atomic E-state index is 0.0797. The molecule has 27 heavy (non-hydrogen) atoms. The van der Waals surface area contributed by atoms with Gasteiger partial charge in [-0.15, -0.1) is 0 Å². The average Bonchev–Trinajstić information content (AvgIpc) is 2.59. The minimum Gasteiger partial charge on any atom is -0.463 e. The zero-order valence-electron chi connectivity index (χ0n) is 14.4.